The van der Waals surface area contributed by atoms with Gasteiger partial charge in [-0.1, -0.05) is 12.1 Å². The summed E-state index contributed by atoms with van der Waals surface area (Å²) in [6, 6.07) is 7.16. The lowest BCUT2D eigenvalue weighted by Gasteiger charge is -2.27. The smallest absolute Gasteiger partial charge is 0.244 e. The molecule has 0 spiro atoms. The van der Waals surface area contributed by atoms with E-state index in [2.05, 4.69) is 11.4 Å². The van der Waals surface area contributed by atoms with Gasteiger partial charge in [-0.25, -0.2) is 8.42 Å². The Morgan fingerprint density at radius 2 is 2.00 bits per heavy atom. The van der Waals surface area contributed by atoms with Gasteiger partial charge in [0.2, 0.25) is 10.0 Å². The van der Waals surface area contributed by atoms with Crippen LogP contribution in [0.5, 0.6) is 0 Å². The first-order chi connectivity index (χ1) is 10.1. The molecule has 2 aliphatic rings. The molecule has 0 saturated carbocycles. The Hall–Kier alpha value is -1.13. The fourth-order valence-corrected chi connectivity index (χ4v) is 5.56. The first-order valence-electron chi connectivity index (χ1n) is 7.29. The largest absolute Gasteiger partial charge is 0.315 e. The van der Waals surface area contributed by atoms with Crippen LogP contribution in [0.3, 0.4) is 0 Å². The number of sulfonamides is 1. The van der Waals surface area contributed by atoms with Gasteiger partial charge in [-0.15, -0.1) is 12.4 Å². The van der Waals surface area contributed by atoms with E-state index in [1.165, 1.54) is 0 Å². The van der Waals surface area contributed by atoms with E-state index in [0.29, 0.717) is 12.1 Å². The summed E-state index contributed by atoms with van der Waals surface area (Å²) in [7, 11) is -3.62. The maximum Gasteiger partial charge on any atom is 0.244 e. The van der Waals surface area contributed by atoms with Gasteiger partial charge in [-0.2, -0.15) is 9.57 Å². The maximum absolute atomic E-state index is 13.1. The molecular weight excluding hydrogens is 322 g/mol. The maximum atomic E-state index is 13.1. The highest BCUT2D eigenvalue weighted by molar-refractivity contribution is 7.89. The lowest BCUT2D eigenvalue weighted by atomic mass is 10.1. The third kappa shape index (κ3) is 2.74. The zero-order valence-corrected chi connectivity index (χ0v) is 14.1. The highest BCUT2D eigenvalue weighted by Gasteiger charge is 2.43. The molecule has 3 rings (SSSR count). The average Bonchev–Trinajstić information content (AvgIpc) is 2.72. The predicted octanol–water partition coefficient (Wildman–Crippen LogP) is 1.80. The topological polar surface area (TPSA) is 73.2 Å². The monoisotopic (exact) mass is 341 g/mol. The van der Waals surface area contributed by atoms with Crippen molar-refractivity contribution in [3.05, 3.63) is 29.3 Å². The number of fused-ring (bicyclic) bond motifs is 2. The van der Waals surface area contributed by atoms with Gasteiger partial charge in [0.05, 0.1) is 5.56 Å². The number of hydrogen-bond donors (Lipinski definition) is 1. The van der Waals surface area contributed by atoms with Crippen molar-refractivity contribution in [1.82, 2.24) is 9.62 Å². The SMILES string of the molecule is Cc1cccc(S(=O)(=O)N2C3CCNCC2CC3)c1C#N.Cl. The van der Waals surface area contributed by atoms with E-state index in [4.69, 9.17) is 0 Å². The van der Waals surface area contributed by atoms with Crippen molar-refractivity contribution in [1.29, 1.82) is 5.26 Å². The summed E-state index contributed by atoms with van der Waals surface area (Å²) < 4.78 is 27.8. The van der Waals surface area contributed by atoms with Crippen LogP contribution in [0.25, 0.3) is 0 Å². The van der Waals surface area contributed by atoms with Crippen molar-refractivity contribution in [2.24, 2.45) is 0 Å². The third-order valence-electron chi connectivity index (χ3n) is 4.49. The molecule has 0 radical (unpaired) electrons. The molecule has 2 heterocycles. The molecule has 7 heteroatoms. The van der Waals surface area contributed by atoms with Gasteiger partial charge in [0, 0.05) is 18.6 Å². The van der Waals surface area contributed by atoms with Crippen LogP contribution in [0.4, 0.5) is 0 Å². The van der Waals surface area contributed by atoms with E-state index in [0.717, 1.165) is 25.8 Å². The first kappa shape index (κ1) is 17.2. The molecule has 2 unspecified atom stereocenters. The summed E-state index contributed by atoms with van der Waals surface area (Å²) in [6.07, 6.45) is 2.65. The van der Waals surface area contributed by atoms with Gasteiger partial charge in [0.25, 0.3) is 0 Å². The summed E-state index contributed by atoms with van der Waals surface area (Å²) in [5.74, 6) is 0. The number of nitrogens with one attached hydrogen (secondary N) is 1. The Bertz CT molecular complexity index is 685. The van der Waals surface area contributed by atoms with Crippen molar-refractivity contribution in [3.8, 4) is 6.07 Å². The van der Waals surface area contributed by atoms with E-state index < -0.39 is 10.0 Å². The molecule has 1 N–H and O–H groups in total. The van der Waals surface area contributed by atoms with Crippen LogP contribution in [-0.4, -0.2) is 37.9 Å². The lowest BCUT2D eigenvalue weighted by Crippen LogP contribution is -2.42. The molecule has 2 aliphatic heterocycles. The second-order valence-corrected chi connectivity index (χ2v) is 7.58. The average molecular weight is 342 g/mol. The van der Waals surface area contributed by atoms with Gasteiger partial charge in [-0.05, 0) is 44.4 Å². The normalized spacial score (nSPS) is 25.1. The van der Waals surface area contributed by atoms with E-state index in [1.54, 1.807) is 29.4 Å². The Kier molecular flexibility index (Phi) is 5.13. The Labute approximate surface area is 137 Å². The highest BCUT2D eigenvalue weighted by atomic mass is 35.5. The highest BCUT2D eigenvalue weighted by Crippen LogP contribution is 2.35. The molecule has 2 saturated heterocycles. The summed E-state index contributed by atoms with van der Waals surface area (Å²) in [6.45, 7) is 3.33. The minimum absolute atomic E-state index is 0. The van der Waals surface area contributed by atoms with Crippen LogP contribution >= 0.6 is 12.4 Å². The first-order valence-corrected chi connectivity index (χ1v) is 8.73. The minimum Gasteiger partial charge on any atom is -0.315 e. The standard InChI is InChI=1S/C15H19N3O2S.ClH/c1-11-3-2-4-15(14(11)9-16)21(19,20)18-12-5-6-13(18)10-17-8-7-12;/h2-4,12-13,17H,5-8,10H2,1H3;1H. The fourth-order valence-electron chi connectivity index (χ4n) is 3.44. The van der Waals surface area contributed by atoms with E-state index in [-0.39, 0.29) is 34.9 Å². The third-order valence-corrected chi connectivity index (χ3v) is 6.54. The van der Waals surface area contributed by atoms with Crippen molar-refractivity contribution >= 4 is 22.4 Å². The van der Waals surface area contributed by atoms with Crippen molar-refractivity contribution in [2.75, 3.05) is 13.1 Å². The fraction of sp³-hybridized carbons (Fsp3) is 0.533. The number of halogens is 1. The number of benzene rings is 1. The van der Waals surface area contributed by atoms with Crippen LogP contribution < -0.4 is 5.32 Å². The van der Waals surface area contributed by atoms with Gasteiger partial charge in [0.1, 0.15) is 11.0 Å². The van der Waals surface area contributed by atoms with Crippen LogP contribution in [0.2, 0.25) is 0 Å². The van der Waals surface area contributed by atoms with Crippen LogP contribution in [-0.2, 0) is 10.0 Å². The number of hydrogen-bond acceptors (Lipinski definition) is 4. The van der Waals surface area contributed by atoms with E-state index in [9.17, 15) is 13.7 Å². The molecule has 5 nitrogen and oxygen atoms in total. The van der Waals surface area contributed by atoms with Gasteiger partial charge >= 0.3 is 0 Å². The number of nitriles is 1. The van der Waals surface area contributed by atoms with E-state index in [1.807, 2.05) is 0 Å². The van der Waals surface area contributed by atoms with Gasteiger partial charge in [-0.3, -0.25) is 0 Å². The molecule has 120 valence electrons. The molecule has 2 atom stereocenters. The quantitative estimate of drug-likeness (QED) is 0.890. The molecule has 2 fully saturated rings. The van der Waals surface area contributed by atoms with Crippen LogP contribution in [0, 0.1) is 18.3 Å². The van der Waals surface area contributed by atoms with Crippen molar-refractivity contribution < 1.29 is 8.42 Å². The molecule has 22 heavy (non-hydrogen) atoms. The molecule has 0 aromatic heterocycles. The Morgan fingerprint density at radius 3 is 2.73 bits per heavy atom. The molecule has 0 amide bonds. The van der Waals surface area contributed by atoms with Crippen LogP contribution in [0.1, 0.15) is 30.4 Å². The summed E-state index contributed by atoms with van der Waals surface area (Å²) in [5.41, 5.74) is 0.980. The Morgan fingerprint density at radius 1 is 1.27 bits per heavy atom. The van der Waals surface area contributed by atoms with Crippen molar-refractivity contribution in [3.63, 3.8) is 0 Å². The van der Waals surface area contributed by atoms with Crippen molar-refractivity contribution in [2.45, 2.75) is 43.2 Å². The van der Waals surface area contributed by atoms with Crippen LogP contribution in [0.15, 0.2) is 23.1 Å². The van der Waals surface area contributed by atoms with Gasteiger partial charge in [0.15, 0.2) is 0 Å². The molecule has 1 aromatic carbocycles. The molecule has 0 aliphatic carbocycles. The lowest BCUT2D eigenvalue weighted by molar-refractivity contribution is 0.334. The zero-order valence-electron chi connectivity index (χ0n) is 12.4. The van der Waals surface area contributed by atoms with E-state index >= 15 is 0 Å². The second kappa shape index (κ2) is 6.55. The molecule has 2 bridgehead atoms. The predicted molar refractivity (Wildman–Crippen MR) is 86.5 cm³/mol. The van der Waals surface area contributed by atoms with Gasteiger partial charge < -0.3 is 5.32 Å². The second-order valence-electron chi connectivity index (χ2n) is 5.77. The molecular formula is C15H20ClN3O2S. The number of aryl methyl sites for hydroxylation is 1. The summed E-state index contributed by atoms with van der Waals surface area (Å²) >= 11 is 0. The minimum atomic E-state index is -3.62. The summed E-state index contributed by atoms with van der Waals surface area (Å²) in [4.78, 5) is 0.156. The summed E-state index contributed by atoms with van der Waals surface area (Å²) in [5, 5.41) is 12.6. The number of nitrogens with zero attached hydrogens (tertiary/aromatic N) is 2. The Balaban J connectivity index is 0.00000176. The molecule has 1 aromatic rings. The zero-order chi connectivity index (χ0) is 15.0. The number of rotatable bonds is 2.